The van der Waals surface area contributed by atoms with Crippen LogP contribution < -0.4 is 5.43 Å². The molecular weight excluding hydrogens is 219 g/mol. The first-order chi connectivity index (χ1) is 8.25. The van der Waals surface area contributed by atoms with E-state index in [0.29, 0.717) is 5.56 Å². The Kier molecular flexibility index (Phi) is 3.85. The number of rotatable bonds is 2. The molecule has 0 radical (unpaired) electrons. The predicted molar refractivity (Wildman–Crippen MR) is 64.4 cm³/mol. The summed E-state index contributed by atoms with van der Waals surface area (Å²) < 4.78 is 12.7. The number of nitrogens with zero attached hydrogens (tertiary/aromatic N) is 1. The van der Waals surface area contributed by atoms with E-state index in [2.05, 4.69) is 10.5 Å². The summed E-state index contributed by atoms with van der Waals surface area (Å²) in [6.07, 6.45) is 5.45. The van der Waals surface area contributed by atoms with Crippen LogP contribution in [-0.4, -0.2) is 11.6 Å². The molecule has 4 heteroatoms. The van der Waals surface area contributed by atoms with E-state index in [-0.39, 0.29) is 11.7 Å². The van der Waals surface area contributed by atoms with Crippen molar-refractivity contribution in [2.75, 3.05) is 0 Å². The Morgan fingerprint density at radius 1 is 1.12 bits per heavy atom. The zero-order valence-electron chi connectivity index (χ0n) is 9.58. The average Bonchev–Trinajstić information content (AvgIpc) is 2.38. The summed E-state index contributed by atoms with van der Waals surface area (Å²) in [5.74, 6) is -0.636. The standard InChI is InChI=1S/C13H15FN2O/c14-11-8-6-10(7-9-11)13(17)16-15-12-4-2-1-3-5-12/h6-9H,1-5H2,(H,16,17). The minimum atomic E-state index is -0.347. The van der Waals surface area contributed by atoms with E-state index >= 15 is 0 Å². The third-order valence-corrected chi connectivity index (χ3v) is 2.85. The Labute approximate surface area is 99.7 Å². The predicted octanol–water partition coefficient (Wildman–Crippen LogP) is 2.88. The highest BCUT2D eigenvalue weighted by Gasteiger charge is 2.08. The van der Waals surface area contributed by atoms with E-state index in [4.69, 9.17) is 0 Å². The van der Waals surface area contributed by atoms with Gasteiger partial charge in [-0.3, -0.25) is 4.79 Å². The number of carbonyl (C=O) groups is 1. The second kappa shape index (κ2) is 5.57. The number of benzene rings is 1. The van der Waals surface area contributed by atoms with E-state index in [0.717, 1.165) is 31.4 Å². The van der Waals surface area contributed by atoms with Gasteiger partial charge in [-0.15, -0.1) is 0 Å². The lowest BCUT2D eigenvalue weighted by Gasteiger charge is -2.11. The lowest BCUT2D eigenvalue weighted by Crippen LogP contribution is -2.20. The maximum Gasteiger partial charge on any atom is 0.271 e. The van der Waals surface area contributed by atoms with Gasteiger partial charge in [0.05, 0.1) is 0 Å². The summed E-state index contributed by atoms with van der Waals surface area (Å²) in [5, 5.41) is 4.11. The molecule has 1 N–H and O–H groups in total. The zero-order chi connectivity index (χ0) is 12.1. The molecule has 0 bridgehead atoms. The van der Waals surface area contributed by atoms with Gasteiger partial charge in [-0.1, -0.05) is 6.42 Å². The van der Waals surface area contributed by atoms with Crippen molar-refractivity contribution in [3.05, 3.63) is 35.6 Å². The van der Waals surface area contributed by atoms with Gasteiger partial charge >= 0.3 is 0 Å². The molecule has 17 heavy (non-hydrogen) atoms. The first-order valence-corrected chi connectivity index (χ1v) is 5.87. The molecule has 0 heterocycles. The van der Waals surface area contributed by atoms with Crippen LogP contribution in [-0.2, 0) is 0 Å². The van der Waals surface area contributed by atoms with Gasteiger partial charge in [0.25, 0.3) is 5.91 Å². The normalized spacial score (nSPS) is 15.5. The number of hydrogen-bond donors (Lipinski definition) is 1. The molecule has 1 saturated carbocycles. The Morgan fingerprint density at radius 2 is 1.76 bits per heavy atom. The van der Waals surface area contributed by atoms with Crippen molar-refractivity contribution in [1.82, 2.24) is 5.43 Å². The summed E-state index contributed by atoms with van der Waals surface area (Å²) in [5.41, 5.74) is 3.99. The molecule has 3 nitrogen and oxygen atoms in total. The molecule has 1 amide bonds. The van der Waals surface area contributed by atoms with Gasteiger partial charge in [-0.25, -0.2) is 9.82 Å². The Morgan fingerprint density at radius 3 is 2.41 bits per heavy atom. The van der Waals surface area contributed by atoms with Gasteiger partial charge in [0.1, 0.15) is 5.82 Å². The molecule has 0 aliphatic heterocycles. The highest BCUT2D eigenvalue weighted by Crippen LogP contribution is 2.14. The summed E-state index contributed by atoms with van der Waals surface area (Å²) in [6.45, 7) is 0. The van der Waals surface area contributed by atoms with Crippen LogP contribution in [0.4, 0.5) is 4.39 Å². The minimum Gasteiger partial charge on any atom is -0.267 e. The largest absolute Gasteiger partial charge is 0.271 e. The quantitative estimate of drug-likeness (QED) is 0.785. The van der Waals surface area contributed by atoms with Crippen LogP contribution in [0.3, 0.4) is 0 Å². The van der Waals surface area contributed by atoms with Crippen LogP contribution in [0.2, 0.25) is 0 Å². The van der Waals surface area contributed by atoms with E-state index < -0.39 is 0 Å². The van der Waals surface area contributed by atoms with Crippen LogP contribution in [0.1, 0.15) is 42.5 Å². The Bertz CT molecular complexity index is 418. The lowest BCUT2D eigenvalue weighted by atomic mass is 9.99. The molecule has 0 saturated heterocycles. The van der Waals surface area contributed by atoms with Crippen LogP contribution >= 0.6 is 0 Å². The SMILES string of the molecule is O=C(NN=C1CCCCC1)c1ccc(F)cc1. The van der Waals surface area contributed by atoms with Gasteiger partial charge in [-0.2, -0.15) is 5.10 Å². The lowest BCUT2D eigenvalue weighted by molar-refractivity contribution is 0.0954. The maximum atomic E-state index is 12.7. The fourth-order valence-corrected chi connectivity index (χ4v) is 1.87. The van der Waals surface area contributed by atoms with Crippen molar-refractivity contribution in [2.24, 2.45) is 5.10 Å². The van der Waals surface area contributed by atoms with E-state index in [1.54, 1.807) is 0 Å². The third kappa shape index (κ3) is 3.37. The van der Waals surface area contributed by atoms with E-state index in [1.165, 1.54) is 30.7 Å². The minimum absolute atomic E-state index is 0.289. The smallest absolute Gasteiger partial charge is 0.267 e. The van der Waals surface area contributed by atoms with Crippen molar-refractivity contribution in [2.45, 2.75) is 32.1 Å². The van der Waals surface area contributed by atoms with E-state index in [1.807, 2.05) is 0 Å². The van der Waals surface area contributed by atoms with Gasteiger partial charge in [0.15, 0.2) is 0 Å². The van der Waals surface area contributed by atoms with Crippen molar-refractivity contribution >= 4 is 11.6 Å². The van der Waals surface area contributed by atoms with Crippen molar-refractivity contribution in [3.8, 4) is 0 Å². The van der Waals surface area contributed by atoms with Crippen LogP contribution in [0.25, 0.3) is 0 Å². The fraction of sp³-hybridized carbons (Fsp3) is 0.385. The molecule has 1 aromatic carbocycles. The van der Waals surface area contributed by atoms with Gasteiger partial charge in [0.2, 0.25) is 0 Å². The molecule has 1 aliphatic rings. The highest BCUT2D eigenvalue weighted by atomic mass is 19.1. The molecule has 2 rings (SSSR count). The Balaban J connectivity index is 1.94. The topological polar surface area (TPSA) is 41.5 Å². The Hall–Kier alpha value is -1.71. The second-order valence-corrected chi connectivity index (χ2v) is 4.19. The fourth-order valence-electron chi connectivity index (χ4n) is 1.87. The zero-order valence-corrected chi connectivity index (χ0v) is 9.58. The summed E-state index contributed by atoms with van der Waals surface area (Å²) in [7, 11) is 0. The van der Waals surface area contributed by atoms with Crippen LogP contribution in [0.5, 0.6) is 0 Å². The highest BCUT2D eigenvalue weighted by molar-refractivity contribution is 5.95. The average molecular weight is 234 g/mol. The number of hydrazone groups is 1. The number of nitrogens with one attached hydrogen (secondary N) is 1. The molecule has 0 aromatic heterocycles. The van der Waals surface area contributed by atoms with Crippen LogP contribution in [0, 0.1) is 5.82 Å². The summed E-state index contributed by atoms with van der Waals surface area (Å²) in [6, 6.07) is 5.43. The first-order valence-electron chi connectivity index (χ1n) is 5.87. The molecule has 0 spiro atoms. The summed E-state index contributed by atoms with van der Waals surface area (Å²) in [4.78, 5) is 11.7. The van der Waals surface area contributed by atoms with Crippen molar-refractivity contribution < 1.29 is 9.18 Å². The number of halogens is 1. The molecule has 1 aliphatic carbocycles. The van der Waals surface area contributed by atoms with Crippen LogP contribution in [0.15, 0.2) is 29.4 Å². The number of carbonyl (C=O) groups excluding carboxylic acids is 1. The molecule has 1 fully saturated rings. The van der Waals surface area contributed by atoms with Gasteiger partial charge in [-0.05, 0) is 49.9 Å². The number of amides is 1. The summed E-state index contributed by atoms with van der Waals surface area (Å²) >= 11 is 0. The molecular formula is C13H15FN2O. The second-order valence-electron chi connectivity index (χ2n) is 4.19. The van der Waals surface area contributed by atoms with Gasteiger partial charge < -0.3 is 0 Å². The maximum absolute atomic E-state index is 12.7. The third-order valence-electron chi connectivity index (χ3n) is 2.85. The monoisotopic (exact) mass is 234 g/mol. The van der Waals surface area contributed by atoms with Crippen molar-refractivity contribution in [3.63, 3.8) is 0 Å². The van der Waals surface area contributed by atoms with Crippen molar-refractivity contribution in [1.29, 1.82) is 0 Å². The first kappa shape index (κ1) is 11.8. The molecule has 0 atom stereocenters. The number of hydrogen-bond acceptors (Lipinski definition) is 2. The van der Waals surface area contributed by atoms with E-state index in [9.17, 15) is 9.18 Å². The van der Waals surface area contributed by atoms with Gasteiger partial charge in [0, 0.05) is 11.3 Å². The molecule has 1 aromatic rings. The molecule has 0 unspecified atom stereocenters. The molecule has 90 valence electrons.